The van der Waals surface area contributed by atoms with Crippen molar-refractivity contribution in [2.75, 3.05) is 32.7 Å². The minimum absolute atomic E-state index is 0.109. The van der Waals surface area contributed by atoms with Gasteiger partial charge in [0.25, 0.3) is 5.91 Å². The van der Waals surface area contributed by atoms with Crippen LogP contribution >= 0.6 is 0 Å². The monoisotopic (exact) mass is 928 g/mol. The molecule has 2 aromatic heterocycles. The van der Waals surface area contributed by atoms with E-state index in [1.165, 1.54) is 5.56 Å². The molecule has 4 fully saturated rings. The van der Waals surface area contributed by atoms with Crippen LogP contribution in [0.25, 0.3) is 17.0 Å². The van der Waals surface area contributed by atoms with Gasteiger partial charge in [-0.2, -0.15) is 0 Å². The molecule has 4 amide bonds. The van der Waals surface area contributed by atoms with Gasteiger partial charge in [0.15, 0.2) is 5.84 Å². The van der Waals surface area contributed by atoms with E-state index in [1.54, 1.807) is 11.1 Å². The molecule has 1 saturated carbocycles. The van der Waals surface area contributed by atoms with E-state index in [4.69, 9.17) is 14.9 Å². The van der Waals surface area contributed by atoms with E-state index in [-0.39, 0.29) is 48.0 Å². The normalized spacial score (nSPS) is 21.5. The topological polar surface area (TPSA) is 185 Å². The summed E-state index contributed by atoms with van der Waals surface area (Å²) in [5.41, 5.74) is 11.2. The molecule has 3 saturated heterocycles. The number of carbonyl (C=O) groups is 4. The number of hydrazine groups is 1. The van der Waals surface area contributed by atoms with Gasteiger partial charge in [0.05, 0.1) is 34.6 Å². The van der Waals surface area contributed by atoms with Crippen LogP contribution in [0.2, 0.25) is 0 Å². The first kappa shape index (κ1) is 47.2. The van der Waals surface area contributed by atoms with Crippen molar-refractivity contribution in [3.05, 3.63) is 76.2 Å². The zero-order chi connectivity index (χ0) is 47.5. The van der Waals surface area contributed by atoms with Crippen molar-refractivity contribution in [1.29, 1.82) is 5.41 Å². The Bertz CT molecular complexity index is 2480. The Morgan fingerprint density at radius 3 is 2.49 bits per heavy atom. The number of amidine groups is 1. The zero-order valence-electron chi connectivity index (χ0n) is 40.4. The number of nitrogens with one attached hydrogen (secondary N) is 3. The molecule has 0 bridgehead atoms. The molecule has 16 heteroatoms. The number of unbranched alkanes of at least 4 members (excludes halogenated alkanes) is 4. The van der Waals surface area contributed by atoms with Crippen molar-refractivity contribution < 1.29 is 23.7 Å². The van der Waals surface area contributed by atoms with Crippen LogP contribution < -0.4 is 10.7 Å². The number of allylic oxidation sites excluding steroid dienone is 1. The van der Waals surface area contributed by atoms with Gasteiger partial charge in [0, 0.05) is 68.5 Å². The molecule has 68 heavy (non-hydrogen) atoms. The molecule has 1 aliphatic carbocycles. The lowest BCUT2D eigenvalue weighted by molar-refractivity contribution is -0.137. The Labute approximate surface area is 400 Å². The standard InChI is InChI=1S/C52H69N11O5/c1-5-7-12-41-46(50(53)54-6-2)47(57-63(41)33(3)4)48-45(49(68-58-48)35-14-15-35)40-31-61(32-55-40)38-22-27-60(28-23-38)44(65)13-10-8-9-11-24-59-25-20-34(21-26-59)36-16-17-37-30-62(52(67)39(37)29-36)42-18-19-43(64)56-51(42)66/h6,12,16-17,29,31-35,38,42,53,57H,5,7-11,13-15,18-28,30H2,1-4H3,(H,56,64,66)/b41-12-,53-50?,54-6?. The molecule has 1 atom stereocenters. The highest BCUT2D eigenvalue weighted by Crippen LogP contribution is 2.48. The number of fused-ring (bicyclic) bond motifs is 1. The van der Waals surface area contributed by atoms with E-state index in [9.17, 15) is 19.2 Å². The van der Waals surface area contributed by atoms with E-state index in [0.29, 0.717) is 48.1 Å². The van der Waals surface area contributed by atoms with E-state index < -0.39 is 6.04 Å². The number of nitrogens with zero attached hydrogens (tertiary/aromatic N) is 8. The quantitative estimate of drug-likeness (QED) is 0.0521. The maximum absolute atomic E-state index is 13.4. The third kappa shape index (κ3) is 9.97. The van der Waals surface area contributed by atoms with Gasteiger partial charge in [0.1, 0.15) is 17.5 Å². The summed E-state index contributed by atoms with van der Waals surface area (Å²) in [4.78, 5) is 66.4. The molecule has 3 N–H and O–H groups in total. The number of imidazole rings is 1. The number of amides is 4. The largest absolute Gasteiger partial charge is 0.360 e. The lowest BCUT2D eigenvalue weighted by Gasteiger charge is -2.33. The summed E-state index contributed by atoms with van der Waals surface area (Å²) in [6.45, 7) is 13.2. The van der Waals surface area contributed by atoms with Gasteiger partial charge in [-0.15, -0.1) is 0 Å². The molecule has 1 aromatic carbocycles. The maximum Gasteiger partial charge on any atom is 0.255 e. The van der Waals surface area contributed by atoms with Gasteiger partial charge in [-0.1, -0.05) is 49.6 Å². The SMILES string of the molecule is CC=NC(=N)C1=C(c2noc(C3CC3)c2-c2cn(C3CCN(C(=O)CCCCCCN4CCC(c5ccc6c(c5)C(=O)N(C5CCC(=O)NC5=O)C6)CC4)CC3)cn2)NN(C(C)C)/C1=C\CCC. The first-order valence-corrected chi connectivity index (χ1v) is 25.4. The highest BCUT2D eigenvalue weighted by molar-refractivity contribution is 6.11. The summed E-state index contributed by atoms with van der Waals surface area (Å²) in [5, 5.41) is 18.2. The molecule has 7 heterocycles. The molecular formula is C52H69N11O5. The summed E-state index contributed by atoms with van der Waals surface area (Å²) >= 11 is 0. The molecule has 5 aliphatic heterocycles. The van der Waals surface area contributed by atoms with Crippen LogP contribution in [0.4, 0.5) is 0 Å². The fraction of sp³-hybridized carbons (Fsp3) is 0.577. The Morgan fingerprint density at radius 2 is 1.76 bits per heavy atom. The van der Waals surface area contributed by atoms with Crippen molar-refractivity contribution in [1.82, 2.24) is 45.2 Å². The molecule has 1 unspecified atom stereocenters. The number of carbonyl (C=O) groups excluding carboxylic acids is 4. The number of benzene rings is 1. The van der Waals surface area contributed by atoms with E-state index in [2.05, 4.69) is 74.5 Å². The molecule has 6 aliphatic rings. The van der Waals surface area contributed by atoms with E-state index >= 15 is 0 Å². The Kier molecular flexibility index (Phi) is 14.4. The van der Waals surface area contributed by atoms with E-state index in [0.717, 1.165) is 144 Å². The van der Waals surface area contributed by atoms with Gasteiger partial charge < -0.3 is 23.8 Å². The van der Waals surface area contributed by atoms with Crippen molar-refractivity contribution in [3.63, 3.8) is 0 Å². The van der Waals surface area contributed by atoms with Gasteiger partial charge >= 0.3 is 0 Å². The van der Waals surface area contributed by atoms with Crippen LogP contribution in [0, 0.1) is 5.41 Å². The van der Waals surface area contributed by atoms with Crippen LogP contribution in [0.1, 0.15) is 175 Å². The lowest BCUT2D eigenvalue weighted by Crippen LogP contribution is -2.52. The zero-order valence-corrected chi connectivity index (χ0v) is 40.4. The van der Waals surface area contributed by atoms with Crippen molar-refractivity contribution in [3.8, 4) is 11.3 Å². The van der Waals surface area contributed by atoms with Crippen LogP contribution in [0.3, 0.4) is 0 Å². The molecule has 3 aromatic rings. The second-order valence-electron chi connectivity index (χ2n) is 19.9. The minimum atomic E-state index is -0.589. The van der Waals surface area contributed by atoms with Crippen molar-refractivity contribution >= 4 is 41.4 Å². The average molecular weight is 928 g/mol. The number of imide groups is 1. The third-order valence-electron chi connectivity index (χ3n) is 14.9. The van der Waals surface area contributed by atoms with Crippen molar-refractivity contribution in [2.45, 2.75) is 161 Å². The van der Waals surface area contributed by atoms with Gasteiger partial charge in [-0.3, -0.25) is 40.3 Å². The smallest absolute Gasteiger partial charge is 0.255 e. The molecular weight excluding hydrogens is 859 g/mol. The fourth-order valence-electron chi connectivity index (χ4n) is 10.8. The number of aliphatic imine (C=N–C) groups is 1. The molecule has 16 nitrogen and oxygen atoms in total. The first-order chi connectivity index (χ1) is 33.0. The molecule has 0 spiro atoms. The molecule has 9 rings (SSSR count). The minimum Gasteiger partial charge on any atom is -0.360 e. The van der Waals surface area contributed by atoms with E-state index in [1.807, 2.05) is 30.3 Å². The number of hydrogen-bond donors (Lipinski definition) is 3. The third-order valence-corrected chi connectivity index (χ3v) is 14.9. The second-order valence-corrected chi connectivity index (χ2v) is 19.9. The summed E-state index contributed by atoms with van der Waals surface area (Å²) in [7, 11) is 0. The average Bonchev–Trinajstić information content (AvgIpc) is 3.61. The summed E-state index contributed by atoms with van der Waals surface area (Å²) < 4.78 is 8.33. The predicted octanol–water partition coefficient (Wildman–Crippen LogP) is 7.86. The second kappa shape index (κ2) is 20.8. The lowest BCUT2D eigenvalue weighted by atomic mass is 9.88. The molecule has 0 radical (unpaired) electrons. The number of hydrogen-bond acceptors (Lipinski definition) is 11. The van der Waals surface area contributed by atoms with Crippen LogP contribution in [0.5, 0.6) is 0 Å². The van der Waals surface area contributed by atoms with Crippen LogP contribution in [-0.2, 0) is 20.9 Å². The van der Waals surface area contributed by atoms with Gasteiger partial charge in [-0.25, -0.2) is 9.98 Å². The fourth-order valence-corrected chi connectivity index (χ4v) is 10.8. The first-order valence-electron chi connectivity index (χ1n) is 25.4. The Balaban J connectivity index is 0.719. The van der Waals surface area contributed by atoms with Gasteiger partial charge in [0.2, 0.25) is 17.7 Å². The highest BCUT2D eigenvalue weighted by atomic mass is 16.5. The Morgan fingerprint density at radius 1 is 0.985 bits per heavy atom. The number of rotatable bonds is 17. The number of likely N-dealkylation sites (tertiary alicyclic amines) is 2. The summed E-state index contributed by atoms with van der Waals surface area (Å²) in [5.74, 6) is 1.23. The number of piperidine rings is 3. The van der Waals surface area contributed by atoms with Crippen LogP contribution in [-0.4, -0.2) is 115 Å². The maximum atomic E-state index is 13.4. The van der Waals surface area contributed by atoms with Crippen molar-refractivity contribution in [2.24, 2.45) is 4.99 Å². The summed E-state index contributed by atoms with van der Waals surface area (Å²) in [6.07, 6.45) is 21.1. The predicted molar refractivity (Wildman–Crippen MR) is 260 cm³/mol. The van der Waals surface area contributed by atoms with Crippen LogP contribution in [0.15, 0.2) is 57.6 Å². The number of aromatic nitrogens is 3. The Hall–Kier alpha value is -5.90. The highest BCUT2D eigenvalue weighted by Gasteiger charge is 2.41. The summed E-state index contributed by atoms with van der Waals surface area (Å²) in [6, 6.07) is 6.02. The van der Waals surface area contributed by atoms with Gasteiger partial charge in [-0.05, 0) is 128 Å². The molecule has 362 valence electrons.